The molecule has 1 fully saturated rings. The van der Waals surface area contributed by atoms with Crippen molar-refractivity contribution in [2.45, 2.75) is 26.3 Å². The van der Waals surface area contributed by atoms with E-state index in [2.05, 4.69) is 72.1 Å². The number of carbonyl (C=O) groups excluding carboxylic acids is 1. The Kier molecular flexibility index (Phi) is 6.21. The van der Waals surface area contributed by atoms with Crippen molar-refractivity contribution >= 4 is 16.8 Å². The maximum Gasteiger partial charge on any atom is 0.256 e. The molecule has 1 saturated heterocycles. The number of likely N-dealkylation sites (N-methyl/N-ethyl adjacent to an activating group) is 1. The number of nitrogens with zero attached hydrogens (tertiary/aromatic N) is 3. The standard InChI is InChI=1S/C25H32N4O/c1-4-27(3)16-14-26-20-13-15-28(17-20)25(30)23-18-29(21-11-9-19(2)10-12-21)24-8-6-5-7-22(23)24/h5-12,18,20,26H,4,13-17H2,1-3H3. The third-order valence-corrected chi connectivity index (χ3v) is 6.20. The van der Waals surface area contributed by atoms with E-state index < -0.39 is 0 Å². The number of hydrogen-bond acceptors (Lipinski definition) is 3. The molecule has 0 radical (unpaired) electrons. The van der Waals surface area contributed by atoms with Gasteiger partial charge in [-0.2, -0.15) is 0 Å². The first-order chi connectivity index (χ1) is 14.6. The Morgan fingerprint density at radius 1 is 1.17 bits per heavy atom. The SMILES string of the molecule is CCN(C)CCNC1CCN(C(=O)c2cn(-c3ccc(C)cc3)c3ccccc23)C1. The van der Waals surface area contributed by atoms with Gasteiger partial charge in [-0.1, -0.05) is 42.8 Å². The monoisotopic (exact) mass is 404 g/mol. The van der Waals surface area contributed by atoms with Gasteiger partial charge in [0.15, 0.2) is 0 Å². The van der Waals surface area contributed by atoms with E-state index in [-0.39, 0.29) is 5.91 Å². The number of carbonyl (C=O) groups is 1. The normalized spacial score (nSPS) is 16.7. The number of para-hydroxylation sites is 1. The molecule has 30 heavy (non-hydrogen) atoms. The second-order valence-corrected chi connectivity index (χ2v) is 8.35. The van der Waals surface area contributed by atoms with E-state index in [0.29, 0.717) is 6.04 Å². The second kappa shape index (κ2) is 9.02. The van der Waals surface area contributed by atoms with Gasteiger partial charge in [-0.25, -0.2) is 0 Å². The highest BCUT2D eigenvalue weighted by atomic mass is 16.2. The molecule has 1 aliphatic heterocycles. The number of amides is 1. The van der Waals surface area contributed by atoms with Crippen LogP contribution in [0, 0.1) is 6.92 Å². The fraction of sp³-hybridized carbons (Fsp3) is 0.400. The fourth-order valence-electron chi connectivity index (χ4n) is 4.17. The van der Waals surface area contributed by atoms with Crippen molar-refractivity contribution in [2.75, 3.05) is 39.8 Å². The summed E-state index contributed by atoms with van der Waals surface area (Å²) in [6.07, 6.45) is 3.02. The van der Waals surface area contributed by atoms with Crippen LogP contribution in [0.25, 0.3) is 16.6 Å². The fourth-order valence-corrected chi connectivity index (χ4v) is 4.17. The van der Waals surface area contributed by atoms with E-state index in [4.69, 9.17) is 0 Å². The third kappa shape index (κ3) is 4.27. The lowest BCUT2D eigenvalue weighted by Gasteiger charge is -2.19. The molecule has 1 atom stereocenters. The second-order valence-electron chi connectivity index (χ2n) is 8.35. The lowest BCUT2D eigenvalue weighted by Crippen LogP contribution is -2.38. The van der Waals surface area contributed by atoms with Crippen LogP contribution in [0.15, 0.2) is 54.7 Å². The topological polar surface area (TPSA) is 40.5 Å². The summed E-state index contributed by atoms with van der Waals surface area (Å²) >= 11 is 0. The summed E-state index contributed by atoms with van der Waals surface area (Å²) in [5.74, 6) is 0.132. The van der Waals surface area contributed by atoms with Gasteiger partial charge >= 0.3 is 0 Å². The molecule has 1 aliphatic rings. The van der Waals surface area contributed by atoms with E-state index in [9.17, 15) is 4.79 Å². The number of aryl methyl sites for hydroxylation is 1. The minimum absolute atomic E-state index is 0.132. The Hall–Kier alpha value is -2.63. The zero-order valence-electron chi connectivity index (χ0n) is 18.3. The molecule has 3 aromatic rings. The molecule has 2 heterocycles. The van der Waals surface area contributed by atoms with Crippen LogP contribution < -0.4 is 5.32 Å². The van der Waals surface area contributed by atoms with Gasteiger partial charge in [-0.15, -0.1) is 0 Å². The van der Waals surface area contributed by atoms with E-state index in [1.54, 1.807) is 0 Å². The van der Waals surface area contributed by atoms with Crippen LogP contribution in [0.4, 0.5) is 0 Å². The molecule has 0 bridgehead atoms. The number of benzene rings is 2. The molecule has 5 nitrogen and oxygen atoms in total. The van der Waals surface area contributed by atoms with Crippen LogP contribution in [-0.2, 0) is 0 Å². The highest BCUT2D eigenvalue weighted by Crippen LogP contribution is 2.27. The van der Waals surface area contributed by atoms with Gasteiger partial charge in [0.2, 0.25) is 0 Å². The van der Waals surface area contributed by atoms with E-state index in [0.717, 1.165) is 61.3 Å². The number of fused-ring (bicyclic) bond motifs is 1. The summed E-state index contributed by atoms with van der Waals surface area (Å²) in [5, 5.41) is 4.63. The Balaban J connectivity index is 1.52. The van der Waals surface area contributed by atoms with Gasteiger partial charge in [0.25, 0.3) is 5.91 Å². The maximum absolute atomic E-state index is 13.4. The van der Waals surface area contributed by atoms with Crippen LogP contribution in [0.2, 0.25) is 0 Å². The van der Waals surface area contributed by atoms with Crippen molar-refractivity contribution in [1.29, 1.82) is 0 Å². The van der Waals surface area contributed by atoms with Crippen LogP contribution in [0.1, 0.15) is 29.3 Å². The number of likely N-dealkylation sites (tertiary alicyclic amines) is 1. The minimum Gasteiger partial charge on any atom is -0.337 e. The van der Waals surface area contributed by atoms with E-state index >= 15 is 0 Å². The van der Waals surface area contributed by atoms with Crippen LogP contribution in [-0.4, -0.2) is 66.1 Å². The molecule has 0 spiro atoms. The smallest absolute Gasteiger partial charge is 0.256 e. The Morgan fingerprint density at radius 2 is 1.93 bits per heavy atom. The summed E-state index contributed by atoms with van der Waals surface area (Å²) in [7, 11) is 2.13. The van der Waals surface area contributed by atoms with Crippen molar-refractivity contribution in [3.63, 3.8) is 0 Å². The zero-order chi connectivity index (χ0) is 21.1. The van der Waals surface area contributed by atoms with Crippen LogP contribution >= 0.6 is 0 Å². The van der Waals surface area contributed by atoms with Gasteiger partial charge in [-0.3, -0.25) is 4.79 Å². The zero-order valence-corrected chi connectivity index (χ0v) is 18.3. The quantitative estimate of drug-likeness (QED) is 0.653. The van der Waals surface area contributed by atoms with Gasteiger partial charge in [0.05, 0.1) is 11.1 Å². The van der Waals surface area contributed by atoms with E-state index in [1.165, 1.54) is 5.56 Å². The van der Waals surface area contributed by atoms with Crippen molar-refractivity contribution in [3.8, 4) is 5.69 Å². The molecule has 158 valence electrons. The first-order valence-corrected chi connectivity index (χ1v) is 10.9. The molecule has 4 rings (SSSR count). The molecule has 1 N–H and O–H groups in total. The summed E-state index contributed by atoms with van der Waals surface area (Å²) < 4.78 is 2.13. The van der Waals surface area contributed by atoms with Crippen molar-refractivity contribution in [2.24, 2.45) is 0 Å². The Labute approximate surface area is 179 Å². The largest absolute Gasteiger partial charge is 0.337 e. The molecular formula is C25H32N4O. The average Bonchev–Trinajstić information content (AvgIpc) is 3.39. The lowest BCUT2D eigenvalue weighted by atomic mass is 10.1. The molecule has 2 aromatic carbocycles. The molecule has 1 unspecified atom stereocenters. The number of rotatable bonds is 7. The Morgan fingerprint density at radius 3 is 2.70 bits per heavy atom. The van der Waals surface area contributed by atoms with Gasteiger partial charge in [-0.05, 0) is 45.1 Å². The average molecular weight is 405 g/mol. The summed E-state index contributed by atoms with van der Waals surface area (Å²) in [4.78, 5) is 17.7. The lowest BCUT2D eigenvalue weighted by molar-refractivity contribution is 0.0791. The Bertz CT molecular complexity index is 1010. The van der Waals surface area contributed by atoms with Gasteiger partial charge in [0, 0.05) is 49.5 Å². The van der Waals surface area contributed by atoms with Crippen molar-refractivity contribution in [3.05, 3.63) is 65.9 Å². The van der Waals surface area contributed by atoms with Crippen LogP contribution in [0.3, 0.4) is 0 Å². The predicted molar refractivity (Wildman–Crippen MR) is 123 cm³/mol. The molecule has 1 amide bonds. The van der Waals surface area contributed by atoms with Crippen molar-refractivity contribution in [1.82, 2.24) is 19.7 Å². The molecule has 0 aliphatic carbocycles. The van der Waals surface area contributed by atoms with Crippen molar-refractivity contribution < 1.29 is 4.79 Å². The van der Waals surface area contributed by atoms with Gasteiger partial charge < -0.3 is 19.7 Å². The maximum atomic E-state index is 13.4. The first kappa shape index (κ1) is 20.6. The summed E-state index contributed by atoms with van der Waals surface area (Å²) in [6.45, 7) is 8.90. The molecule has 1 aromatic heterocycles. The third-order valence-electron chi connectivity index (χ3n) is 6.20. The van der Waals surface area contributed by atoms with Crippen LogP contribution in [0.5, 0.6) is 0 Å². The minimum atomic E-state index is 0.132. The highest BCUT2D eigenvalue weighted by Gasteiger charge is 2.28. The summed E-state index contributed by atoms with van der Waals surface area (Å²) in [5.41, 5.74) is 4.17. The van der Waals surface area contributed by atoms with E-state index in [1.807, 2.05) is 23.2 Å². The number of aromatic nitrogens is 1. The highest BCUT2D eigenvalue weighted by molar-refractivity contribution is 6.07. The molecule has 0 saturated carbocycles. The first-order valence-electron chi connectivity index (χ1n) is 10.9. The number of hydrogen-bond donors (Lipinski definition) is 1. The van der Waals surface area contributed by atoms with Gasteiger partial charge in [0.1, 0.15) is 0 Å². The molecule has 5 heteroatoms. The summed E-state index contributed by atoms with van der Waals surface area (Å²) in [6, 6.07) is 17.0. The predicted octanol–water partition coefficient (Wildman–Crippen LogP) is 3.69. The number of nitrogens with one attached hydrogen (secondary N) is 1. The molecular weight excluding hydrogens is 372 g/mol.